The van der Waals surface area contributed by atoms with E-state index < -0.39 is 34.3 Å². The molecule has 2 amide bonds. The Balaban J connectivity index is 1.89. The molecule has 0 bridgehead atoms. The van der Waals surface area contributed by atoms with E-state index in [0.29, 0.717) is 5.69 Å². The Bertz CT molecular complexity index is 1200. The van der Waals surface area contributed by atoms with E-state index in [1.165, 1.54) is 11.0 Å². The molecule has 0 radical (unpaired) electrons. The summed E-state index contributed by atoms with van der Waals surface area (Å²) in [5.74, 6) is -1.43. The van der Waals surface area contributed by atoms with E-state index in [0.717, 1.165) is 41.8 Å². The van der Waals surface area contributed by atoms with Crippen LogP contribution in [0.15, 0.2) is 48.5 Å². The third-order valence-electron chi connectivity index (χ3n) is 6.87. The summed E-state index contributed by atoms with van der Waals surface area (Å²) in [5.41, 5.74) is 1.49. The topological polar surface area (TPSA) is 86.8 Å². The molecule has 1 atom stereocenters. The van der Waals surface area contributed by atoms with E-state index in [-0.39, 0.29) is 29.5 Å². The van der Waals surface area contributed by atoms with Crippen LogP contribution in [0.1, 0.15) is 64.5 Å². The van der Waals surface area contributed by atoms with Crippen molar-refractivity contribution in [2.75, 3.05) is 17.1 Å². The molecule has 0 heterocycles. The molecule has 1 aliphatic carbocycles. The molecule has 7 nitrogen and oxygen atoms in total. The fourth-order valence-corrected chi connectivity index (χ4v) is 5.38. The van der Waals surface area contributed by atoms with Gasteiger partial charge in [-0.25, -0.2) is 12.8 Å². The van der Waals surface area contributed by atoms with Crippen LogP contribution in [-0.4, -0.2) is 50.0 Å². The van der Waals surface area contributed by atoms with Crippen molar-refractivity contribution in [3.05, 3.63) is 65.5 Å². The number of amides is 2. The SMILES string of the molecule is C[C@@H](C(=O)NC1CCCC1)N(Cc1ccccc1F)C(=O)CN(c1ccc(C(C)(C)C)cc1)S(C)(=O)=O. The van der Waals surface area contributed by atoms with Crippen LogP contribution in [0.25, 0.3) is 0 Å². The van der Waals surface area contributed by atoms with Gasteiger partial charge in [0.05, 0.1) is 11.9 Å². The van der Waals surface area contributed by atoms with Gasteiger partial charge in [-0.1, -0.05) is 63.9 Å². The van der Waals surface area contributed by atoms with Gasteiger partial charge in [0.15, 0.2) is 0 Å². The Labute approximate surface area is 220 Å². The van der Waals surface area contributed by atoms with Crippen molar-refractivity contribution in [2.24, 2.45) is 0 Å². The van der Waals surface area contributed by atoms with Gasteiger partial charge in [0.2, 0.25) is 21.8 Å². The highest BCUT2D eigenvalue weighted by atomic mass is 32.2. The van der Waals surface area contributed by atoms with Crippen molar-refractivity contribution in [3.8, 4) is 0 Å². The van der Waals surface area contributed by atoms with Crippen molar-refractivity contribution < 1.29 is 22.4 Å². The quantitative estimate of drug-likeness (QED) is 0.521. The maximum atomic E-state index is 14.5. The van der Waals surface area contributed by atoms with Gasteiger partial charge >= 0.3 is 0 Å². The molecule has 0 aliphatic heterocycles. The maximum absolute atomic E-state index is 14.5. The number of sulfonamides is 1. The zero-order valence-electron chi connectivity index (χ0n) is 22.3. The van der Waals surface area contributed by atoms with Crippen molar-refractivity contribution in [1.82, 2.24) is 10.2 Å². The number of hydrogen-bond donors (Lipinski definition) is 1. The van der Waals surface area contributed by atoms with Crippen molar-refractivity contribution in [2.45, 2.75) is 77.4 Å². The molecular formula is C28H38FN3O4S. The summed E-state index contributed by atoms with van der Waals surface area (Å²) >= 11 is 0. The minimum absolute atomic E-state index is 0.0502. The first kappa shape index (κ1) is 28.6. The number of rotatable bonds is 9. The Morgan fingerprint density at radius 1 is 1.05 bits per heavy atom. The molecule has 2 aromatic carbocycles. The maximum Gasteiger partial charge on any atom is 0.244 e. The molecule has 0 aromatic heterocycles. The molecule has 3 rings (SSSR count). The minimum Gasteiger partial charge on any atom is -0.352 e. The van der Waals surface area contributed by atoms with E-state index in [2.05, 4.69) is 26.1 Å². The van der Waals surface area contributed by atoms with Gasteiger partial charge in [-0.3, -0.25) is 13.9 Å². The van der Waals surface area contributed by atoms with Crippen LogP contribution in [0.3, 0.4) is 0 Å². The fourth-order valence-electron chi connectivity index (χ4n) is 4.53. The highest BCUT2D eigenvalue weighted by molar-refractivity contribution is 7.92. The molecule has 0 saturated heterocycles. The number of hydrogen-bond acceptors (Lipinski definition) is 4. The van der Waals surface area contributed by atoms with Crippen molar-refractivity contribution in [1.29, 1.82) is 0 Å². The monoisotopic (exact) mass is 531 g/mol. The summed E-state index contributed by atoms with van der Waals surface area (Å²) in [4.78, 5) is 27.9. The Hall–Kier alpha value is -2.94. The van der Waals surface area contributed by atoms with Crippen LogP contribution in [0.5, 0.6) is 0 Å². The lowest BCUT2D eigenvalue weighted by atomic mass is 9.87. The van der Waals surface area contributed by atoms with Crippen LogP contribution >= 0.6 is 0 Å². The minimum atomic E-state index is -3.83. The van der Waals surface area contributed by atoms with Crippen molar-refractivity contribution in [3.63, 3.8) is 0 Å². The first-order chi connectivity index (χ1) is 17.3. The second-order valence-electron chi connectivity index (χ2n) is 10.8. The number of anilines is 1. The molecular weight excluding hydrogens is 493 g/mol. The van der Waals surface area contributed by atoms with E-state index in [1.54, 1.807) is 37.3 Å². The van der Waals surface area contributed by atoms with E-state index in [1.807, 2.05) is 12.1 Å². The smallest absolute Gasteiger partial charge is 0.244 e. The van der Waals surface area contributed by atoms with Crippen LogP contribution < -0.4 is 9.62 Å². The number of nitrogens with one attached hydrogen (secondary N) is 1. The normalized spacial score (nSPS) is 15.3. The largest absolute Gasteiger partial charge is 0.352 e. The number of carbonyl (C=O) groups is 2. The number of halogens is 1. The Morgan fingerprint density at radius 2 is 1.65 bits per heavy atom. The summed E-state index contributed by atoms with van der Waals surface area (Å²) in [6, 6.07) is 12.2. The lowest BCUT2D eigenvalue weighted by molar-refractivity contribution is -0.139. The van der Waals surface area contributed by atoms with Crippen LogP contribution in [-0.2, 0) is 31.6 Å². The number of carbonyl (C=O) groups excluding carboxylic acids is 2. The first-order valence-corrected chi connectivity index (χ1v) is 14.5. The molecule has 202 valence electrons. The lowest BCUT2D eigenvalue weighted by Crippen LogP contribution is -2.52. The Morgan fingerprint density at radius 3 is 2.19 bits per heavy atom. The van der Waals surface area contributed by atoms with Gasteiger partial charge in [0, 0.05) is 18.2 Å². The van der Waals surface area contributed by atoms with Gasteiger partial charge in [0.25, 0.3) is 0 Å². The third kappa shape index (κ3) is 7.53. The molecule has 2 aromatic rings. The highest BCUT2D eigenvalue weighted by Crippen LogP contribution is 2.26. The molecule has 1 saturated carbocycles. The molecule has 0 unspecified atom stereocenters. The predicted molar refractivity (Wildman–Crippen MR) is 144 cm³/mol. The average Bonchev–Trinajstić information content (AvgIpc) is 3.33. The summed E-state index contributed by atoms with van der Waals surface area (Å²) in [5, 5.41) is 2.99. The first-order valence-electron chi connectivity index (χ1n) is 12.7. The van der Waals surface area contributed by atoms with Gasteiger partial charge in [-0.15, -0.1) is 0 Å². The summed E-state index contributed by atoms with van der Waals surface area (Å²) in [6.07, 6.45) is 4.87. The van der Waals surface area contributed by atoms with Crippen LogP contribution in [0, 0.1) is 5.82 Å². The zero-order chi connectivity index (χ0) is 27.4. The second-order valence-corrected chi connectivity index (χ2v) is 12.8. The van der Waals surface area contributed by atoms with Crippen LogP contribution in [0.4, 0.5) is 10.1 Å². The predicted octanol–water partition coefficient (Wildman–Crippen LogP) is 4.37. The average molecular weight is 532 g/mol. The van der Waals surface area contributed by atoms with Crippen molar-refractivity contribution >= 4 is 27.5 Å². The molecule has 1 N–H and O–H groups in total. The van der Waals surface area contributed by atoms with Gasteiger partial charge < -0.3 is 10.2 Å². The summed E-state index contributed by atoms with van der Waals surface area (Å²) in [7, 11) is -3.83. The molecule has 37 heavy (non-hydrogen) atoms. The van der Waals surface area contributed by atoms with Gasteiger partial charge in [-0.05, 0) is 48.9 Å². The van der Waals surface area contributed by atoms with E-state index >= 15 is 0 Å². The van der Waals surface area contributed by atoms with Gasteiger partial charge in [0.1, 0.15) is 18.4 Å². The van der Waals surface area contributed by atoms with E-state index in [4.69, 9.17) is 0 Å². The summed E-state index contributed by atoms with van der Waals surface area (Å²) in [6.45, 7) is 7.08. The number of benzene rings is 2. The number of nitrogens with zero attached hydrogens (tertiary/aromatic N) is 2. The van der Waals surface area contributed by atoms with Crippen LogP contribution in [0.2, 0.25) is 0 Å². The summed E-state index contributed by atoms with van der Waals surface area (Å²) < 4.78 is 41.0. The van der Waals surface area contributed by atoms with Gasteiger partial charge in [-0.2, -0.15) is 0 Å². The standard InChI is InChI=1S/C28H38FN3O4S/c1-20(27(34)30-23-11-7-8-12-23)31(18-21-10-6-9-13-25(21)29)26(33)19-32(37(5,35)36)24-16-14-22(15-17-24)28(2,3)4/h6,9-10,13-17,20,23H,7-8,11-12,18-19H2,1-5H3,(H,30,34)/t20-/m0/s1. The molecule has 1 aliphatic rings. The lowest BCUT2D eigenvalue weighted by Gasteiger charge is -2.32. The zero-order valence-corrected chi connectivity index (χ0v) is 23.1. The molecule has 1 fully saturated rings. The fraction of sp³-hybridized carbons (Fsp3) is 0.500. The molecule has 0 spiro atoms. The van der Waals surface area contributed by atoms with E-state index in [9.17, 15) is 22.4 Å². The second kappa shape index (κ2) is 11.6. The Kier molecular flexibility index (Phi) is 9.00. The highest BCUT2D eigenvalue weighted by Gasteiger charge is 2.32. The third-order valence-corrected chi connectivity index (χ3v) is 8.01. The molecule has 9 heteroatoms.